The second-order valence-electron chi connectivity index (χ2n) is 13.6. The Morgan fingerprint density at radius 3 is 2.64 bits per heavy atom. The van der Waals surface area contributed by atoms with Gasteiger partial charge in [0.05, 0.1) is 23.3 Å². The van der Waals surface area contributed by atoms with Gasteiger partial charge < -0.3 is 19.9 Å². The van der Waals surface area contributed by atoms with Crippen molar-refractivity contribution >= 4 is 22.6 Å². The number of halogens is 1. The van der Waals surface area contributed by atoms with Crippen molar-refractivity contribution in [2.45, 2.75) is 83.6 Å². The summed E-state index contributed by atoms with van der Waals surface area (Å²) in [5.41, 5.74) is 5.67. The number of rotatable bonds is 9. The second-order valence-corrected chi connectivity index (χ2v) is 13.6. The van der Waals surface area contributed by atoms with E-state index in [0.717, 1.165) is 67.8 Å². The zero-order valence-corrected chi connectivity index (χ0v) is 27.2. The monoisotopic (exact) mass is 638 g/mol. The summed E-state index contributed by atoms with van der Waals surface area (Å²) in [5.74, 6) is -2.17. The maximum absolute atomic E-state index is 15.9. The summed E-state index contributed by atoms with van der Waals surface area (Å²) < 4.78 is 18.0. The van der Waals surface area contributed by atoms with Gasteiger partial charge in [-0.1, -0.05) is 0 Å². The van der Waals surface area contributed by atoms with Crippen molar-refractivity contribution in [1.29, 1.82) is 0 Å². The van der Waals surface area contributed by atoms with Crippen LogP contribution in [-0.2, 0) is 17.9 Å². The van der Waals surface area contributed by atoms with E-state index in [1.165, 1.54) is 6.07 Å². The fourth-order valence-corrected chi connectivity index (χ4v) is 7.53. The standard InChI is InChI=1S/C37H43FN6O3/c1-23-7-8-28(18-41-23)42-14-4-5-29(22-42)43(19-25-11-13-39-24(2)15-25)20-26-21-44(27-9-10-27)34-17-31(33(38)16-32(34)36(26)45)35-30(37(46)47)6-3-12-40-35/h7-8,11,13,15-18,21,27,29-30,35,40H,3-6,9-10,12,14,19-20,22H2,1-2H3,(H,46,47)/t29-,30?,35?/m0/s1. The molecule has 246 valence electrons. The van der Waals surface area contributed by atoms with Crippen LogP contribution in [0.2, 0.25) is 0 Å². The highest BCUT2D eigenvalue weighted by Crippen LogP contribution is 2.39. The number of anilines is 1. The van der Waals surface area contributed by atoms with Crippen LogP contribution in [0.1, 0.15) is 78.7 Å². The lowest BCUT2D eigenvalue weighted by Crippen LogP contribution is -2.48. The van der Waals surface area contributed by atoms with E-state index in [0.29, 0.717) is 48.1 Å². The SMILES string of the molecule is Cc1ccc(N2CCC[C@H](N(Cc3ccnc(C)c3)Cc3cn(C4CC4)c4cc(C5NCCCC5C(=O)O)c(F)cc4c3=O)C2)cn1. The third-order valence-electron chi connectivity index (χ3n) is 10.2. The van der Waals surface area contributed by atoms with Gasteiger partial charge in [-0.25, -0.2) is 4.39 Å². The van der Waals surface area contributed by atoms with E-state index >= 15 is 4.39 Å². The number of carbonyl (C=O) groups is 1. The van der Waals surface area contributed by atoms with E-state index in [9.17, 15) is 14.7 Å². The smallest absolute Gasteiger partial charge is 0.308 e. The number of nitrogens with zero attached hydrogens (tertiary/aromatic N) is 5. The molecule has 10 heteroatoms. The van der Waals surface area contributed by atoms with E-state index < -0.39 is 23.7 Å². The van der Waals surface area contributed by atoms with Crippen LogP contribution in [0.3, 0.4) is 0 Å². The Bertz CT molecular complexity index is 1840. The molecule has 1 saturated carbocycles. The second kappa shape index (κ2) is 13.2. The van der Waals surface area contributed by atoms with Gasteiger partial charge in [-0.15, -0.1) is 0 Å². The molecule has 0 bridgehead atoms. The quantitative estimate of drug-likeness (QED) is 0.242. The number of aromatic nitrogens is 3. The molecule has 47 heavy (non-hydrogen) atoms. The molecule has 0 radical (unpaired) electrons. The first-order valence-electron chi connectivity index (χ1n) is 16.9. The fourth-order valence-electron chi connectivity index (χ4n) is 7.53. The maximum atomic E-state index is 15.9. The molecule has 2 aliphatic heterocycles. The van der Waals surface area contributed by atoms with Crippen LogP contribution in [0, 0.1) is 25.6 Å². The van der Waals surface area contributed by atoms with Gasteiger partial charge in [-0.05, 0) is 101 Å². The molecule has 0 amide bonds. The van der Waals surface area contributed by atoms with Crippen molar-refractivity contribution in [2.75, 3.05) is 24.5 Å². The Morgan fingerprint density at radius 2 is 1.89 bits per heavy atom. The molecule has 7 rings (SSSR count). The number of aliphatic carboxylic acids is 1. The molecular weight excluding hydrogens is 595 g/mol. The van der Waals surface area contributed by atoms with Gasteiger partial charge in [0.25, 0.3) is 0 Å². The highest BCUT2D eigenvalue weighted by Gasteiger charge is 2.35. The summed E-state index contributed by atoms with van der Waals surface area (Å²) in [7, 11) is 0. The number of carboxylic acids is 1. The largest absolute Gasteiger partial charge is 0.481 e. The average molecular weight is 639 g/mol. The number of hydrogen-bond acceptors (Lipinski definition) is 7. The number of benzene rings is 1. The summed E-state index contributed by atoms with van der Waals surface area (Å²) in [6.45, 7) is 7.47. The van der Waals surface area contributed by atoms with Crippen LogP contribution in [0.5, 0.6) is 0 Å². The molecule has 2 saturated heterocycles. The highest BCUT2D eigenvalue weighted by molar-refractivity contribution is 5.81. The van der Waals surface area contributed by atoms with Gasteiger partial charge in [0.15, 0.2) is 5.43 Å². The summed E-state index contributed by atoms with van der Waals surface area (Å²) in [4.78, 5) is 40.0. The van der Waals surface area contributed by atoms with Gasteiger partial charge in [0.1, 0.15) is 5.82 Å². The molecule has 2 unspecified atom stereocenters. The molecule has 1 aliphatic carbocycles. The van der Waals surface area contributed by atoms with Crippen molar-refractivity contribution in [1.82, 2.24) is 24.8 Å². The number of piperidine rings is 2. The van der Waals surface area contributed by atoms with Crippen LogP contribution >= 0.6 is 0 Å². The molecule has 9 nitrogen and oxygen atoms in total. The third-order valence-corrected chi connectivity index (χ3v) is 10.2. The molecule has 2 N–H and O–H groups in total. The van der Waals surface area contributed by atoms with E-state index in [-0.39, 0.29) is 17.5 Å². The normalized spacial score (nSPS) is 21.8. The number of fused-ring (bicyclic) bond motifs is 1. The highest BCUT2D eigenvalue weighted by atomic mass is 19.1. The average Bonchev–Trinajstić information content (AvgIpc) is 3.92. The number of aryl methyl sites for hydroxylation is 2. The number of hydrogen-bond donors (Lipinski definition) is 2. The van der Waals surface area contributed by atoms with Crippen LogP contribution in [-0.4, -0.2) is 56.2 Å². The summed E-state index contributed by atoms with van der Waals surface area (Å²) in [6.07, 6.45) is 11.0. The molecule has 3 aromatic heterocycles. The Kier molecular flexibility index (Phi) is 8.81. The van der Waals surface area contributed by atoms with Crippen molar-refractivity contribution in [3.8, 4) is 0 Å². The molecular formula is C37H43FN6O3. The molecule has 3 aliphatic rings. The lowest BCUT2D eigenvalue weighted by molar-refractivity contribution is -0.143. The number of carboxylic acid groups (broad SMARTS) is 1. The lowest BCUT2D eigenvalue weighted by Gasteiger charge is -2.40. The molecule has 1 aromatic carbocycles. The summed E-state index contributed by atoms with van der Waals surface area (Å²) >= 11 is 0. The number of pyridine rings is 3. The summed E-state index contributed by atoms with van der Waals surface area (Å²) in [6, 6.07) is 11.2. The first kappa shape index (κ1) is 31.4. The predicted octanol–water partition coefficient (Wildman–Crippen LogP) is 5.68. The van der Waals surface area contributed by atoms with Crippen molar-refractivity contribution in [3.05, 3.63) is 99.1 Å². The third kappa shape index (κ3) is 6.67. The zero-order chi connectivity index (χ0) is 32.7. The van der Waals surface area contributed by atoms with Crippen LogP contribution < -0.4 is 15.6 Å². The molecule has 0 spiro atoms. The van der Waals surface area contributed by atoms with Crippen LogP contribution in [0.25, 0.3) is 10.9 Å². The molecule has 5 heterocycles. The van der Waals surface area contributed by atoms with Gasteiger partial charge in [0.2, 0.25) is 0 Å². The van der Waals surface area contributed by atoms with E-state index in [2.05, 4.69) is 41.8 Å². The van der Waals surface area contributed by atoms with Gasteiger partial charge in [-0.2, -0.15) is 0 Å². The minimum atomic E-state index is -0.930. The van der Waals surface area contributed by atoms with Gasteiger partial charge in [-0.3, -0.25) is 24.5 Å². The minimum absolute atomic E-state index is 0.167. The molecule has 3 fully saturated rings. The van der Waals surface area contributed by atoms with Crippen molar-refractivity contribution in [2.24, 2.45) is 5.92 Å². The molecule has 4 aromatic rings. The van der Waals surface area contributed by atoms with Crippen molar-refractivity contribution < 1.29 is 14.3 Å². The Hall–Kier alpha value is -4.15. The van der Waals surface area contributed by atoms with Gasteiger partial charge >= 0.3 is 5.97 Å². The van der Waals surface area contributed by atoms with E-state index in [1.54, 1.807) is 6.07 Å². The summed E-state index contributed by atoms with van der Waals surface area (Å²) in [5, 5.41) is 13.5. The Morgan fingerprint density at radius 1 is 1.04 bits per heavy atom. The van der Waals surface area contributed by atoms with Crippen LogP contribution in [0.15, 0.2) is 59.8 Å². The maximum Gasteiger partial charge on any atom is 0.308 e. The zero-order valence-electron chi connectivity index (χ0n) is 27.2. The number of nitrogens with one attached hydrogen (secondary N) is 1. The molecule has 3 atom stereocenters. The fraction of sp³-hybridized carbons (Fsp3) is 0.459. The van der Waals surface area contributed by atoms with Crippen molar-refractivity contribution in [3.63, 3.8) is 0 Å². The van der Waals surface area contributed by atoms with E-state index in [1.807, 2.05) is 44.6 Å². The minimum Gasteiger partial charge on any atom is -0.481 e. The lowest BCUT2D eigenvalue weighted by atomic mass is 9.85. The Balaban J connectivity index is 1.26. The first-order chi connectivity index (χ1) is 22.7. The Labute approximate surface area is 274 Å². The topological polar surface area (TPSA) is 104 Å². The van der Waals surface area contributed by atoms with Gasteiger partial charge in [0, 0.05) is 84.6 Å². The first-order valence-corrected chi connectivity index (χ1v) is 16.9. The van der Waals surface area contributed by atoms with Crippen LogP contribution in [0.4, 0.5) is 10.1 Å². The predicted molar refractivity (Wildman–Crippen MR) is 180 cm³/mol. The van der Waals surface area contributed by atoms with E-state index in [4.69, 9.17) is 0 Å².